The minimum Gasteiger partial charge on any atom is -0.480 e. The molecule has 0 aromatic carbocycles. The number of carbonyl (C=O) groups excluding carboxylic acids is 1. The number of carbonyl (C=O) groups is 1. The molecule has 10 nitrogen and oxygen atoms in total. The topological polar surface area (TPSA) is 126 Å². The number of aliphatic hydroxyl groups excluding tert-OH is 1. The van der Waals surface area contributed by atoms with Crippen LogP contribution in [0.3, 0.4) is 0 Å². The molecule has 0 saturated heterocycles. The van der Waals surface area contributed by atoms with E-state index in [0.717, 1.165) is 0 Å². The summed E-state index contributed by atoms with van der Waals surface area (Å²) < 4.78 is 28.3. The highest BCUT2D eigenvalue weighted by Gasteiger charge is 2.31. The van der Waals surface area contributed by atoms with Crippen molar-refractivity contribution in [2.24, 2.45) is 0 Å². The van der Waals surface area contributed by atoms with E-state index in [-0.39, 0.29) is 23.1 Å². The molecule has 2 atom stereocenters. The Balaban J connectivity index is 1.67. The Bertz CT molecular complexity index is 1120. The highest BCUT2D eigenvalue weighted by Crippen LogP contribution is 2.27. The van der Waals surface area contributed by atoms with Crippen molar-refractivity contribution in [3.8, 4) is 5.88 Å². The number of nitrogens with one attached hydrogen (secondary N) is 3. The van der Waals surface area contributed by atoms with Crippen molar-refractivity contribution in [1.82, 2.24) is 24.9 Å². The van der Waals surface area contributed by atoms with E-state index >= 15 is 0 Å². The molecular formula is C18H21N7O3. The number of rotatable bonds is 6. The van der Waals surface area contributed by atoms with Gasteiger partial charge in [-0.2, -0.15) is 9.61 Å². The van der Waals surface area contributed by atoms with Gasteiger partial charge in [-0.3, -0.25) is 4.79 Å². The zero-order chi connectivity index (χ0) is 22.2. The predicted octanol–water partition coefficient (Wildman–Crippen LogP) is 1.17. The Kier molecular flexibility index (Phi) is 3.82. The molecule has 0 unspecified atom stereocenters. The smallest absolute Gasteiger partial charge is 0.257 e. The van der Waals surface area contributed by atoms with Crippen molar-refractivity contribution in [2.75, 3.05) is 24.7 Å². The lowest BCUT2D eigenvalue weighted by Gasteiger charge is -2.32. The standard InChI is InChI=1S/C18H21N7O3/c1-19-15-8-14(22-12-4-3-7-20-18(12)28-2)24-16-10(9-21-25(15)16)17(27)23-11-5-6-13(11)26/h3-4,7-9,11,13,19,26H,5-6H2,1-2H3,(H,22,24)(H,23,27)/t11-,13-/m0/s1/i2D3. The second-order valence-corrected chi connectivity index (χ2v) is 6.38. The summed E-state index contributed by atoms with van der Waals surface area (Å²) in [6.45, 7) is 0. The van der Waals surface area contributed by atoms with E-state index in [0.29, 0.717) is 30.2 Å². The highest BCUT2D eigenvalue weighted by atomic mass is 16.5. The van der Waals surface area contributed by atoms with Crippen LogP contribution in [0.5, 0.6) is 5.88 Å². The van der Waals surface area contributed by atoms with Crippen LogP contribution in [-0.4, -0.2) is 56.8 Å². The second kappa shape index (κ2) is 7.31. The van der Waals surface area contributed by atoms with Crippen molar-refractivity contribution < 1.29 is 18.8 Å². The largest absolute Gasteiger partial charge is 0.480 e. The lowest BCUT2D eigenvalue weighted by Crippen LogP contribution is -2.50. The fourth-order valence-corrected chi connectivity index (χ4v) is 2.97. The number of amides is 1. The maximum absolute atomic E-state index is 12.7. The molecule has 1 aliphatic carbocycles. The summed E-state index contributed by atoms with van der Waals surface area (Å²) >= 11 is 0. The van der Waals surface area contributed by atoms with Crippen LogP contribution < -0.4 is 20.7 Å². The van der Waals surface area contributed by atoms with Crippen LogP contribution in [0.4, 0.5) is 17.3 Å². The molecular weight excluding hydrogens is 362 g/mol. The van der Waals surface area contributed by atoms with Gasteiger partial charge in [-0.15, -0.1) is 0 Å². The maximum atomic E-state index is 12.7. The predicted molar refractivity (Wildman–Crippen MR) is 103 cm³/mol. The molecule has 4 N–H and O–H groups in total. The number of methoxy groups -OCH3 is 1. The average Bonchev–Trinajstić information content (AvgIpc) is 3.14. The molecule has 1 aliphatic rings. The van der Waals surface area contributed by atoms with Gasteiger partial charge in [-0.1, -0.05) is 0 Å². The van der Waals surface area contributed by atoms with E-state index in [1.54, 1.807) is 25.2 Å². The summed E-state index contributed by atoms with van der Waals surface area (Å²) in [5.41, 5.74) is 0.813. The molecule has 1 fully saturated rings. The van der Waals surface area contributed by atoms with Gasteiger partial charge in [-0.05, 0) is 25.0 Å². The quantitative estimate of drug-likeness (QED) is 0.497. The third-order valence-corrected chi connectivity index (χ3v) is 4.66. The third kappa shape index (κ3) is 3.18. The van der Waals surface area contributed by atoms with Gasteiger partial charge < -0.3 is 25.8 Å². The first-order valence-electron chi connectivity index (χ1n) is 10.2. The molecule has 146 valence electrons. The number of ether oxygens (including phenoxy) is 1. The summed E-state index contributed by atoms with van der Waals surface area (Å²) in [5, 5.41) is 22.7. The Morgan fingerprint density at radius 1 is 1.46 bits per heavy atom. The molecule has 3 heterocycles. The minimum atomic E-state index is -2.67. The average molecular weight is 386 g/mol. The van der Waals surface area contributed by atoms with Gasteiger partial charge in [0.2, 0.25) is 5.88 Å². The highest BCUT2D eigenvalue weighted by molar-refractivity contribution is 6.00. The maximum Gasteiger partial charge on any atom is 0.257 e. The molecule has 0 aliphatic heterocycles. The number of hydrogen-bond donors (Lipinski definition) is 4. The van der Waals surface area contributed by atoms with Crippen molar-refractivity contribution >= 4 is 28.9 Å². The molecule has 4 rings (SSSR count). The second-order valence-electron chi connectivity index (χ2n) is 6.38. The van der Waals surface area contributed by atoms with Crippen LogP contribution in [0.1, 0.15) is 27.3 Å². The van der Waals surface area contributed by atoms with Crippen molar-refractivity contribution in [3.05, 3.63) is 36.2 Å². The molecule has 28 heavy (non-hydrogen) atoms. The first kappa shape index (κ1) is 14.6. The molecule has 1 saturated carbocycles. The number of hydrogen-bond acceptors (Lipinski definition) is 8. The SMILES string of the molecule is [2H]C([2H])([2H])Oc1ncccc1Nc1cc(NC)n2ncc(C(=O)N[C@H]3CC[C@@H]3O)c2n1. The summed E-state index contributed by atoms with van der Waals surface area (Å²) in [5.74, 6) is 0.356. The molecule has 0 radical (unpaired) electrons. The summed E-state index contributed by atoms with van der Waals surface area (Å²) in [4.78, 5) is 21.1. The van der Waals surface area contributed by atoms with Gasteiger partial charge in [0.15, 0.2) is 5.65 Å². The summed E-state index contributed by atoms with van der Waals surface area (Å²) in [7, 11) is -0.973. The van der Waals surface area contributed by atoms with E-state index in [1.807, 2.05) is 0 Å². The van der Waals surface area contributed by atoms with E-state index in [9.17, 15) is 9.90 Å². The Morgan fingerprint density at radius 2 is 2.36 bits per heavy atom. The number of aromatic nitrogens is 4. The van der Waals surface area contributed by atoms with Gasteiger partial charge in [0, 0.05) is 19.3 Å². The molecule has 3 aromatic heterocycles. The fourth-order valence-electron chi connectivity index (χ4n) is 2.97. The zero-order valence-corrected chi connectivity index (χ0v) is 15.0. The number of nitrogens with zero attached hydrogens (tertiary/aromatic N) is 4. The normalized spacial score (nSPS) is 20.4. The first-order chi connectivity index (χ1) is 14.7. The van der Waals surface area contributed by atoms with E-state index in [2.05, 4.69) is 31.0 Å². The monoisotopic (exact) mass is 386 g/mol. The van der Waals surface area contributed by atoms with Gasteiger partial charge in [0.05, 0.1) is 29.5 Å². The number of anilines is 3. The number of fused-ring (bicyclic) bond motifs is 1. The molecule has 1 amide bonds. The van der Waals surface area contributed by atoms with Crippen LogP contribution in [0.15, 0.2) is 30.6 Å². The van der Waals surface area contributed by atoms with Crippen molar-refractivity contribution in [3.63, 3.8) is 0 Å². The van der Waals surface area contributed by atoms with Gasteiger partial charge >= 0.3 is 0 Å². The van der Waals surface area contributed by atoms with Crippen LogP contribution >= 0.6 is 0 Å². The lowest BCUT2D eigenvalue weighted by atomic mass is 9.89. The lowest BCUT2D eigenvalue weighted by molar-refractivity contribution is 0.0448. The molecule has 3 aromatic rings. The van der Waals surface area contributed by atoms with Crippen molar-refractivity contribution in [1.29, 1.82) is 0 Å². The van der Waals surface area contributed by atoms with Crippen LogP contribution in [0.25, 0.3) is 5.65 Å². The first-order valence-corrected chi connectivity index (χ1v) is 8.71. The molecule has 0 spiro atoms. The van der Waals surface area contributed by atoms with Gasteiger partial charge in [0.1, 0.15) is 22.9 Å². The van der Waals surface area contributed by atoms with E-state index in [4.69, 9.17) is 8.85 Å². The summed E-state index contributed by atoms with van der Waals surface area (Å²) in [6, 6.07) is 4.57. The number of pyridine rings is 1. The van der Waals surface area contributed by atoms with Gasteiger partial charge in [-0.25, -0.2) is 9.97 Å². The molecule has 0 bridgehead atoms. The van der Waals surface area contributed by atoms with E-state index in [1.165, 1.54) is 16.9 Å². The fraction of sp³-hybridized carbons (Fsp3) is 0.333. The molecule has 10 heteroatoms. The zero-order valence-electron chi connectivity index (χ0n) is 18.0. The van der Waals surface area contributed by atoms with Crippen LogP contribution in [-0.2, 0) is 0 Å². The minimum absolute atomic E-state index is 0.111. The van der Waals surface area contributed by atoms with Crippen LogP contribution in [0.2, 0.25) is 0 Å². The van der Waals surface area contributed by atoms with Crippen LogP contribution in [0, 0.1) is 0 Å². The van der Waals surface area contributed by atoms with E-state index < -0.39 is 19.0 Å². The Hall–Kier alpha value is -3.40. The van der Waals surface area contributed by atoms with Gasteiger partial charge in [0.25, 0.3) is 5.91 Å². The third-order valence-electron chi connectivity index (χ3n) is 4.66. The Morgan fingerprint density at radius 3 is 3.07 bits per heavy atom. The van der Waals surface area contributed by atoms with Crippen molar-refractivity contribution in [2.45, 2.75) is 25.0 Å². The summed E-state index contributed by atoms with van der Waals surface area (Å²) in [6.07, 6.45) is 3.63. The number of aliphatic hydroxyl groups is 1. The Labute approximate surface area is 165 Å².